The largest absolute Gasteiger partial charge is 0.493 e. The molecule has 0 radical (unpaired) electrons. The number of rotatable bonds is 3. The molecular formula is C12H17NO. The zero-order valence-corrected chi connectivity index (χ0v) is 8.84. The van der Waals surface area contributed by atoms with Crippen LogP contribution >= 0.6 is 0 Å². The monoisotopic (exact) mass is 191 g/mol. The van der Waals surface area contributed by atoms with Gasteiger partial charge in [-0.15, -0.1) is 0 Å². The van der Waals surface area contributed by atoms with Crippen LogP contribution in [0.2, 0.25) is 0 Å². The second kappa shape index (κ2) is 3.52. The Balaban J connectivity index is 2.11. The average Bonchev–Trinajstić information content (AvgIpc) is 2.97. The van der Waals surface area contributed by atoms with Gasteiger partial charge in [0, 0.05) is 5.69 Å². The first kappa shape index (κ1) is 9.38. The Hall–Kier alpha value is -1.18. The zero-order chi connectivity index (χ0) is 10.1. The molecule has 0 bridgehead atoms. The quantitative estimate of drug-likeness (QED) is 0.745. The Morgan fingerprint density at radius 3 is 2.64 bits per heavy atom. The van der Waals surface area contributed by atoms with Crippen molar-refractivity contribution < 1.29 is 4.74 Å². The second-order valence-corrected chi connectivity index (χ2v) is 4.16. The minimum Gasteiger partial charge on any atom is -0.493 e. The Bertz CT molecular complexity index is 342. The summed E-state index contributed by atoms with van der Waals surface area (Å²) in [6.07, 6.45) is 2.65. The van der Waals surface area contributed by atoms with Gasteiger partial charge in [0.1, 0.15) is 5.75 Å². The normalized spacial score (nSPS) is 15.6. The van der Waals surface area contributed by atoms with Crippen LogP contribution in [0.5, 0.6) is 5.75 Å². The Morgan fingerprint density at radius 1 is 1.29 bits per heavy atom. The summed E-state index contributed by atoms with van der Waals surface area (Å²) >= 11 is 0. The van der Waals surface area contributed by atoms with Gasteiger partial charge in [-0.05, 0) is 55.9 Å². The van der Waals surface area contributed by atoms with Gasteiger partial charge in [0.15, 0.2) is 0 Å². The fraction of sp³-hybridized carbons (Fsp3) is 0.500. The Labute approximate surface area is 85.1 Å². The highest BCUT2D eigenvalue weighted by atomic mass is 16.5. The molecule has 0 unspecified atom stereocenters. The summed E-state index contributed by atoms with van der Waals surface area (Å²) in [5.41, 5.74) is 8.96. The van der Waals surface area contributed by atoms with Crippen LogP contribution in [-0.2, 0) is 0 Å². The third kappa shape index (κ3) is 1.84. The molecule has 0 saturated heterocycles. The maximum atomic E-state index is 5.80. The molecule has 0 aliphatic heterocycles. The van der Waals surface area contributed by atoms with Crippen molar-refractivity contribution in [3.8, 4) is 5.75 Å². The fourth-order valence-electron chi connectivity index (χ4n) is 1.47. The number of hydrogen-bond acceptors (Lipinski definition) is 2. The van der Waals surface area contributed by atoms with Crippen LogP contribution in [0.3, 0.4) is 0 Å². The molecule has 1 aromatic carbocycles. The van der Waals surface area contributed by atoms with E-state index in [1.54, 1.807) is 0 Å². The molecule has 2 N–H and O–H groups in total. The predicted molar refractivity (Wildman–Crippen MR) is 58.5 cm³/mol. The van der Waals surface area contributed by atoms with Crippen LogP contribution in [0, 0.1) is 19.8 Å². The van der Waals surface area contributed by atoms with Crippen molar-refractivity contribution >= 4 is 5.69 Å². The molecule has 0 spiro atoms. The molecule has 2 heteroatoms. The van der Waals surface area contributed by atoms with Crippen molar-refractivity contribution in [2.75, 3.05) is 12.3 Å². The summed E-state index contributed by atoms with van der Waals surface area (Å²) in [7, 11) is 0. The van der Waals surface area contributed by atoms with Crippen LogP contribution in [0.25, 0.3) is 0 Å². The van der Waals surface area contributed by atoms with E-state index < -0.39 is 0 Å². The SMILES string of the molecule is Cc1c(N)ccc(OCC2CC2)c1C. The highest BCUT2D eigenvalue weighted by Gasteiger charge is 2.22. The number of nitrogen functional groups attached to an aromatic ring is 1. The van der Waals surface area contributed by atoms with Crippen LogP contribution in [0.4, 0.5) is 5.69 Å². The highest BCUT2D eigenvalue weighted by Crippen LogP contribution is 2.31. The summed E-state index contributed by atoms with van der Waals surface area (Å²) in [6.45, 7) is 4.97. The molecule has 1 aliphatic carbocycles. The van der Waals surface area contributed by atoms with Crippen molar-refractivity contribution in [1.29, 1.82) is 0 Å². The molecule has 2 nitrogen and oxygen atoms in total. The van der Waals surface area contributed by atoms with Gasteiger partial charge in [-0.3, -0.25) is 0 Å². The van der Waals surface area contributed by atoms with Crippen molar-refractivity contribution in [3.63, 3.8) is 0 Å². The van der Waals surface area contributed by atoms with Crippen molar-refractivity contribution in [2.24, 2.45) is 5.92 Å². The molecule has 1 aliphatic rings. The standard InChI is InChI=1S/C12H17NO/c1-8-9(2)12(6-5-11(8)13)14-7-10-3-4-10/h5-6,10H,3-4,7,13H2,1-2H3. The molecule has 1 aromatic rings. The maximum absolute atomic E-state index is 5.80. The molecular weight excluding hydrogens is 174 g/mol. The minimum atomic E-state index is 0.798. The number of anilines is 1. The first-order chi connectivity index (χ1) is 6.68. The topological polar surface area (TPSA) is 35.2 Å². The molecule has 0 atom stereocenters. The van der Waals surface area contributed by atoms with Gasteiger partial charge in [0.05, 0.1) is 6.61 Å². The number of nitrogens with two attached hydrogens (primary N) is 1. The number of ether oxygens (including phenoxy) is 1. The van der Waals surface area contributed by atoms with Crippen LogP contribution in [-0.4, -0.2) is 6.61 Å². The van der Waals surface area contributed by atoms with Gasteiger partial charge < -0.3 is 10.5 Å². The lowest BCUT2D eigenvalue weighted by atomic mass is 10.1. The minimum absolute atomic E-state index is 0.798. The summed E-state index contributed by atoms with van der Waals surface area (Å²) in [5.74, 6) is 1.79. The van der Waals surface area contributed by atoms with Gasteiger partial charge in [-0.1, -0.05) is 0 Å². The zero-order valence-electron chi connectivity index (χ0n) is 8.84. The molecule has 2 rings (SSSR count). The van der Waals surface area contributed by atoms with E-state index in [0.29, 0.717) is 0 Å². The van der Waals surface area contributed by atoms with E-state index in [2.05, 4.69) is 6.92 Å². The van der Waals surface area contributed by atoms with Crippen molar-refractivity contribution in [1.82, 2.24) is 0 Å². The van der Waals surface area contributed by atoms with E-state index >= 15 is 0 Å². The molecule has 76 valence electrons. The smallest absolute Gasteiger partial charge is 0.122 e. The lowest BCUT2D eigenvalue weighted by Crippen LogP contribution is -2.02. The van der Waals surface area contributed by atoms with E-state index in [1.165, 1.54) is 18.4 Å². The third-order valence-electron chi connectivity index (χ3n) is 2.95. The van der Waals surface area contributed by atoms with Gasteiger partial charge in [-0.25, -0.2) is 0 Å². The fourth-order valence-corrected chi connectivity index (χ4v) is 1.47. The highest BCUT2D eigenvalue weighted by molar-refractivity contribution is 5.55. The number of hydrogen-bond donors (Lipinski definition) is 1. The molecule has 14 heavy (non-hydrogen) atoms. The van der Waals surface area contributed by atoms with Crippen LogP contribution < -0.4 is 10.5 Å². The summed E-state index contributed by atoms with van der Waals surface area (Å²) in [6, 6.07) is 3.89. The van der Waals surface area contributed by atoms with Gasteiger partial charge in [-0.2, -0.15) is 0 Å². The van der Waals surface area contributed by atoms with E-state index in [1.807, 2.05) is 19.1 Å². The lowest BCUT2D eigenvalue weighted by molar-refractivity contribution is 0.297. The average molecular weight is 191 g/mol. The van der Waals surface area contributed by atoms with Crippen LogP contribution in [0.15, 0.2) is 12.1 Å². The number of benzene rings is 1. The maximum Gasteiger partial charge on any atom is 0.122 e. The molecule has 1 fully saturated rings. The van der Waals surface area contributed by atoms with Crippen LogP contribution in [0.1, 0.15) is 24.0 Å². The van der Waals surface area contributed by atoms with Gasteiger partial charge in [0.25, 0.3) is 0 Å². The van der Waals surface area contributed by atoms with Gasteiger partial charge in [0.2, 0.25) is 0 Å². The second-order valence-electron chi connectivity index (χ2n) is 4.16. The third-order valence-corrected chi connectivity index (χ3v) is 2.95. The van der Waals surface area contributed by atoms with Crippen molar-refractivity contribution in [3.05, 3.63) is 23.3 Å². The van der Waals surface area contributed by atoms with Gasteiger partial charge >= 0.3 is 0 Å². The Morgan fingerprint density at radius 2 is 2.00 bits per heavy atom. The molecule has 0 heterocycles. The molecule has 1 saturated carbocycles. The lowest BCUT2D eigenvalue weighted by Gasteiger charge is -2.12. The summed E-state index contributed by atoms with van der Waals surface area (Å²) < 4.78 is 5.74. The summed E-state index contributed by atoms with van der Waals surface area (Å²) in [4.78, 5) is 0. The predicted octanol–water partition coefficient (Wildman–Crippen LogP) is 2.67. The first-order valence-electron chi connectivity index (χ1n) is 5.17. The molecule has 0 aromatic heterocycles. The van der Waals surface area contributed by atoms with E-state index in [0.717, 1.165) is 29.5 Å². The summed E-state index contributed by atoms with van der Waals surface area (Å²) in [5, 5.41) is 0. The Kier molecular flexibility index (Phi) is 2.36. The van der Waals surface area contributed by atoms with E-state index in [4.69, 9.17) is 10.5 Å². The van der Waals surface area contributed by atoms with E-state index in [9.17, 15) is 0 Å². The van der Waals surface area contributed by atoms with Crippen molar-refractivity contribution in [2.45, 2.75) is 26.7 Å². The van der Waals surface area contributed by atoms with E-state index in [-0.39, 0.29) is 0 Å². The molecule has 0 amide bonds. The first-order valence-corrected chi connectivity index (χ1v) is 5.17.